The zero-order chi connectivity index (χ0) is 28.2. The Morgan fingerprint density at radius 2 is 1.40 bits per heavy atom. The Morgan fingerprint density at radius 1 is 0.800 bits per heavy atom. The zero-order valence-corrected chi connectivity index (χ0v) is 22.4. The number of methoxy groups -OCH3 is 2. The highest BCUT2D eigenvalue weighted by atomic mass is 35.5. The Bertz CT molecular complexity index is 1750. The van der Waals surface area contributed by atoms with Crippen molar-refractivity contribution in [3.63, 3.8) is 0 Å². The molecule has 6 rings (SSSR count). The van der Waals surface area contributed by atoms with E-state index in [-0.39, 0.29) is 35.6 Å². The van der Waals surface area contributed by atoms with Crippen LogP contribution in [0.1, 0.15) is 23.2 Å². The number of oxazole rings is 2. The Hall–Kier alpha value is -4.38. The molecular weight excluding hydrogens is 571 g/mol. The van der Waals surface area contributed by atoms with Crippen molar-refractivity contribution in [2.75, 3.05) is 14.2 Å². The maximum Gasteiger partial charge on any atom is 0.246 e. The highest BCUT2D eigenvalue weighted by molar-refractivity contribution is 6.29. The van der Waals surface area contributed by atoms with Crippen molar-refractivity contribution in [2.45, 2.75) is 26.3 Å². The van der Waals surface area contributed by atoms with E-state index in [0.29, 0.717) is 58.3 Å². The van der Waals surface area contributed by atoms with Crippen LogP contribution >= 0.6 is 23.2 Å². The number of halogens is 2. The molecule has 0 aliphatic carbocycles. The van der Waals surface area contributed by atoms with Crippen LogP contribution in [-0.4, -0.2) is 73.9 Å². The van der Waals surface area contributed by atoms with E-state index in [9.17, 15) is 0 Å². The van der Waals surface area contributed by atoms with Crippen LogP contribution in [0.4, 0.5) is 0 Å². The van der Waals surface area contributed by atoms with Crippen molar-refractivity contribution in [1.82, 2.24) is 49.5 Å². The molecule has 6 aromatic rings. The van der Waals surface area contributed by atoms with Crippen LogP contribution in [0.2, 0.25) is 10.6 Å². The van der Waals surface area contributed by atoms with Crippen LogP contribution in [-0.2, 0) is 26.3 Å². The van der Waals surface area contributed by atoms with Crippen LogP contribution in [0, 0.1) is 0 Å². The number of aliphatic hydroxyl groups is 2. The van der Waals surface area contributed by atoms with Gasteiger partial charge in [0.1, 0.15) is 53.7 Å². The monoisotopic (exact) mass is 590 g/mol. The number of aliphatic hydroxyl groups excluding tert-OH is 2. The minimum Gasteiger partial charge on any atom is -0.479 e. The van der Waals surface area contributed by atoms with E-state index in [0.717, 1.165) is 0 Å². The molecule has 16 nitrogen and oxygen atoms in total. The van der Waals surface area contributed by atoms with Gasteiger partial charge in [0.2, 0.25) is 34.1 Å². The van der Waals surface area contributed by atoms with E-state index >= 15 is 0 Å². The van der Waals surface area contributed by atoms with E-state index < -0.39 is 0 Å². The molecule has 40 heavy (non-hydrogen) atoms. The largest absolute Gasteiger partial charge is 0.479 e. The maximum atomic E-state index is 8.93. The fourth-order valence-electron chi connectivity index (χ4n) is 3.64. The summed E-state index contributed by atoms with van der Waals surface area (Å²) in [7, 11) is 2.98. The molecule has 2 N–H and O–H groups in total. The average molecular weight is 591 g/mol. The van der Waals surface area contributed by atoms with E-state index in [1.165, 1.54) is 26.7 Å². The fraction of sp³-hybridized carbons (Fsp3) is 0.273. The number of hydrogen-bond acceptors (Lipinski definition) is 14. The van der Waals surface area contributed by atoms with E-state index in [1.54, 1.807) is 21.8 Å². The number of rotatable bonds is 8. The van der Waals surface area contributed by atoms with Gasteiger partial charge in [-0.05, 0) is 23.2 Å². The molecule has 0 unspecified atom stereocenters. The molecule has 0 spiro atoms. The van der Waals surface area contributed by atoms with Crippen molar-refractivity contribution < 1.29 is 28.5 Å². The average Bonchev–Trinajstić information content (AvgIpc) is 3.75. The summed E-state index contributed by atoms with van der Waals surface area (Å²) in [5.41, 5.74) is 3.55. The summed E-state index contributed by atoms with van der Waals surface area (Å²) in [5, 5.41) is 26.5. The molecule has 0 saturated carbocycles. The van der Waals surface area contributed by atoms with Crippen LogP contribution in [0.3, 0.4) is 0 Å². The highest BCUT2D eigenvalue weighted by Crippen LogP contribution is 2.25. The SMILES string of the molecule is COc1nc(Cl)nc2cn(Cc3coc(CO)n3)nc12.COc1nc(Cl)nc2cnn(Cc3coc(CO)n3)c12. The van der Waals surface area contributed by atoms with Gasteiger partial charge in [0.05, 0.1) is 39.7 Å². The molecule has 0 aliphatic rings. The van der Waals surface area contributed by atoms with Crippen LogP contribution in [0.25, 0.3) is 22.1 Å². The van der Waals surface area contributed by atoms with E-state index in [1.807, 2.05) is 0 Å². The number of aromatic nitrogens is 10. The molecule has 0 fully saturated rings. The fourth-order valence-corrected chi connectivity index (χ4v) is 3.97. The molecule has 0 saturated heterocycles. The van der Waals surface area contributed by atoms with Gasteiger partial charge in [0, 0.05) is 0 Å². The van der Waals surface area contributed by atoms with Gasteiger partial charge in [0.25, 0.3) is 0 Å². The smallest absolute Gasteiger partial charge is 0.246 e. The van der Waals surface area contributed by atoms with Crippen molar-refractivity contribution in [3.05, 3.63) is 58.7 Å². The molecule has 18 heteroatoms. The highest BCUT2D eigenvalue weighted by Gasteiger charge is 2.15. The Morgan fingerprint density at radius 3 is 2.00 bits per heavy atom. The third-order valence-corrected chi connectivity index (χ3v) is 5.61. The molecule has 0 aliphatic heterocycles. The summed E-state index contributed by atoms with van der Waals surface area (Å²) in [4.78, 5) is 24.3. The van der Waals surface area contributed by atoms with Gasteiger partial charge in [-0.25, -0.2) is 19.9 Å². The number of hydrogen-bond donors (Lipinski definition) is 2. The van der Waals surface area contributed by atoms with Gasteiger partial charge in [-0.15, -0.1) is 0 Å². The van der Waals surface area contributed by atoms with Gasteiger partial charge in [-0.1, -0.05) is 0 Å². The van der Waals surface area contributed by atoms with Crippen LogP contribution in [0.5, 0.6) is 11.8 Å². The van der Waals surface area contributed by atoms with Crippen molar-refractivity contribution >= 4 is 45.3 Å². The predicted molar refractivity (Wildman–Crippen MR) is 137 cm³/mol. The quantitative estimate of drug-likeness (QED) is 0.244. The molecule has 6 aromatic heterocycles. The second kappa shape index (κ2) is 11.8. The molecule has 6 heterocycles. The van der Waals surface area contributed by atoms with Crippen molar-refractivity contribution in [1.29, 1.82) is 0 Å². The minimum atomic E-state index is -0.248. The Kier molecular flexibility index (Phi) is 8.01. The van der Waals surface area contributed by atoms with Crippen LogP contribution < -0.4 is 9.47 Å². The first-order valence-corrected chi connectivity index (χ1v) is 12.1. The van der Waals surface area contributed by atoms with E-state index in [4.69, 9.17) is 51.7 Å². The molecule has 0 radical (unpaired) electrons. The third-order valence-electron chi connectivity index (χ3n) is 5.27. The summed E-state index contributed by atoms with van der Waals surface area (Å²) < 4.78 is 23.7. The lowest BCUT2D eigenvalue weighted by atomic mass is 10.4. The molecule has 0 atom stereocenters. The first-order chi connectivity index (χ1) is 19.4. The number of nitrogens with zero attached hydrogens (tertiary/aromatic N) is 10. The Balaban J connectivity index is 0.000000161. The standard InChI is InChI=1S/2C11H10ClN5O3/c1-19-10-9-7(15-11(12)16-10)2-13-17(9)3-6-5-20-8(4-18)14-6;1-19-10-9-7(14-11(12)15-10)3-17(16-9)2-6-5-20-8(4-18)13-6/h2,5,18H,3-4H2,1H3;3,5,18H,2,4H2,1H3. The summed E-state index contributed by atoms with van der Waals surface area (Å²) in [6.07, 6.45) is 6.20. The van der Waals surface area contributed by atoms with Gasteiger partial charge in [-0.3, -0.25) is 9.36 Å². The molecule has 208 valence electrons. The second-order valence-corrected chi connectivity index (χ2v) is 8.56. The Labute approximate surface area is 234 Å². The van der Waals surface area contributed by atoms with Crippen molar-refractivity contribution in [3.8, 4) is 11.8 Å². The first-order valence-electron chi connectivity index (χ1n) is 11.4. The lowest BCUT2D eigenvalue weighted by Gasteiger charge is -2.04. The lowest BCUT2D eigenvalue weighted by molar-refractivity contribution is 0.240. The van der Waals surface area contributed by atoms with Crippen molar-refractivity contribution in [2.24, 2.45) is 0 Å². The maximum absolute atomic E-state index is 8.93. The lowest BCUT2D eigenvalue weighted by Crippen LogP contribution is -2.04. The summed E-state index contributed by atoms with van der Waals surface area (Å²) in [6.45, 7) is 0.229. The summed E-state index contributed by atoms with van der Waals surface area (Å²) >= 11 is 11.6. The predicted octanol–water partition coefficient (Wildman–Crippen LogP) is 2.03. The molecular formula is C22H20Cl2N10O6. The molecule has 0 amide bonds. The topological polar surface area (TPSA) is 198 Å². The molecule has 0 bridgehead atoms. The number of fused-ring (bicyclic) bond motifs is 2. The normalized spacial score (nSPS) is 11.2. The van der Waals surface area contributed by atoms with Gasteiger partial charge in [-0.2, -0.15) is 20.2 Å². The number of ether oxygens (including phenoxy) is 2. The van der Waals surface area contributed by atoms with Gasteiger partial charge in [0.15, 0.2) is 5.52 Å². The minimum absolute atomic E-state index is 0.0953. The molecule has 0 aromatic carbocycles. The third kappa shape index (κ3) is 5.79. The van der Waals surface area contributed by atoms with Gasteiger partial charge >= 0.3 is 0 Å². The first kappa shape index (κ1) is 27.2. The van der Waals surface area contributed by atoms with Gasteiger partial charge < -0.3 is 28.5 Å². The second-order valence-electron chi connectivity index (χ2n) is 7.88. The zero-order valence-electron chi connectivity index (χ0n) is 20.9. The summed E-state index contributed by atoms with van der Waals surface area (Å²) in [6, 6.07) is 0. The summed E-state index contributed by atoms with van der Waals surface area (Å²) in [5.74, 6) is 1.16. The van der Waals surface area contributed by atoms with Crippen LogP contribution in [0.15, 0.2) is 33.8 Å². The van der Waals surface area contributed by atoms with E-state index in [2.05, 4.69) is 40.1 Å².